The number of piperidine rings is 1. The molecule has 0 aliphatic carbocycles. The Bertz CT molecular complexity index is 592. The van der Waals surface area contributed by atoms with Gasteiger partial charge in [0.15, 0.2) is 0 Å². The predicted octanol–water partition coefficient (Wildman–Crippen LogP) is 1.85. The van der Waals surface area contributed by atoms with Crippen molar-refractivity contribution in [1.29, 1.82) is 0 Å². The van der Waals surface area contributed by atoms with Gasteiger partial charge in [-0.2, -0.15) is 4.31 Å². The van der Waals surface area contributed by atoms with Crippen molar-refractivity contribution < 1.29 is 18.3 Å². The van der Waals surface area contributed by atoms with Crippen molar-refractivity contribution in [3.05, 3.63) is 23.8 Å². The van der Waals surface area contributed by atoms with E-state index in [1.807, 2.05) is 0 Å². The first-order valence-corrected chi connectivity index (χ1v) is 7.87. The lowest BCUT2D eigenvalue weighted by Crippen LogP contribution is -2.35. The second-order valence-corrected chi connectivity index (χ2v) is 6.94. The standard InChI is InChI=1S/C12H15NO4S2/c14-12(15)9-6-10(18)8-11(7-9)19(16,17)13-4-2-1-3-5-13/h6-8,18H,1-5H2,(H,14,15). The van der Waals surface area contributed by atoms with E-state index in [1.54, 1.807) is 0 Å². The molecule has 0 aromatic heterocycles. The summed E-state index contributed by atoms with van der Waals surface area (Å²) in [5.74, 6) is -1.16. The molecular weight excluding hydrogens is 286 g/mol. The van der Waals surface area contributed by atoms with Crippen LogP contribution < -0.4 is 0 Å². The highest BCUT2D eigenvalue weighted by Gasteiger charge is 2.26. The van der Waals surface area contributed by atoms with Crippen molar-refractivity contribution in [2.75, 3.05) is 13.1 Å². The molecule has 104 valence electrons. The average Bonchev–Trinajstić information content (AvgIpc) is 2.39. The summed E-state index contributed by atoms with van der Waals surface area (Å²) in [5.41, 5.74) is -0.0666. The second kappa shape index (κ2) is 5.52. The highest BCUT2D eigenvalue weighted by Crippen LogP contribution is 2.24. The number of rotatable bonds is 3. The number of sulfonamides is 1. The number of hydrogen-bond donors (Lipinski definition) is 2. The molecular formula is C12H15NO4S2. The Morgan fingerprint density at radius 3 is 2.37 bits per heavy atom. The molecule has 0 amide bonds. The summed E-state index contributed by atoms with van der Waals surface area (Å²) in [6.07, 6.45) is 2.70. The molecule has 0 atom stereocenters. The third-order valence-electron chi connectivity index (χ3n) is 3.09. The zero-order chi connectivity index (χ0) is 14.0. The minimum Gasteiger partial charge on any atom is -0.478 e. The molecule has 7 heteroatoms. The largest absolute Gasteiger partial charge is 0.478 e. The minimum absolute atomic E-state index is 0.000648. The first-order chi connectivity index (χ1) is 8.91. The Morgan fingerprint density at radius 1 is 1.16 bits per heavy atom. The number of carbonyl (C=O) groups is 1. The Hall–Kier alpha value is -1.05. The number of carboxylic acid groups (broad SMARTS) is 1. The molecule has 19 heavy (non-hydrogen) atoms. The van der Waals surface area contributed by atoms with Crippen LogP contribution in [0.4, 0.5) is 0 Å². The molecule has 1 saturated heterocycles. The maximum Gasteiger partial charge on any atom is 0.335 e. The van der Waals surface area contributed by atoms with Gasteiger partial charge in [0, 0.05) is 18.0 Å². The minimum atomic E-state index is -3.62. The Kier molecular flexibility index (Phi) is 4.17. The van der Waals surface area contributed by atoms with E-state index < -0.39 is 16.0 Å². The van der Waals surface area contributed by atoms with Gasteiger partial charge in [-0.25, -0.2) is 13.2 Å². The highest BCUT2D eigenvalue weighted by molar-refractivity contribution is 7.89. The van der Waals surface area contributed by atoms with Crippen LogP contribution in [0, 0.1) is 0 Å². The van der Waals surface area contributed by atoms with Gasteiger partial charge in [-0.15, -0.1) is 12.6 Å². The van der Waals surface area contributed by atoms with E-state index in [0.29, 0.717) is 18.0 Å². The number of carboxylic acids is 1. The molecule has 1 aromatic carbocycles. The number of aromatic carboxylic acids is 1. The summed E-state index contributed by atoms with van der Waals surface area (Å²) in [6, 6.07) is 3.91. The van der Waals surface area contributed by atoms with Crippen molar-refractivity contribution in [2.24, 2.45) is 0 Å². The molecule has 0 unspecified atom stereocenters. The smallest absolute Gasteiger partial charge is 0.335 e. The fraction of sp³-hybridized carbons (Fsp3) is 0.417. The zero-order valence-electron chi connectivity index (χ0n) is 10.2. The molecule has 2 rings (SSSR count). The van der Waals surface area contributed by atoms with E-state index in [9.17, 15) is 13.2 Å². The van der Waals surface area contributed by atoms with Gasteiger partial charge in [-0.3, -0.25) is 0 Å². The molecule has 1 fully saturated rings. The van der Waals surface area contributed by atoms with Crippen LogP contribution in [-0.2, 0) is 10.0 Å². The summed E-state index contributed by atoms with van der Waals surface area (Å²) in [7, 11) is -3.62. The van der Waals surface area contributed by atoms with Gasteiger partial charge in [-0.05, 0) is 31.0 Å². The molecule has 0 spiro atoms. The van der Waals surface area contributed by atoms with Crippen molar-refractivity contribution in [3.63, 3.8) is 0 Å². The predicted molar refractivity (Wildman–Crippen MR) is 73.3 cm³/mol. The van der Waals surface area contributed by atoms with E-state index in [-0.39, 0.29) is 10.5 Å². The number of nitrogens with zero attached hydrogens (tertiary/aromatic N) is 1. The fourth-order valence-electron chi connectivity index (χ4n) is 2.11. The van der Waals surface area contributed by atoms with E-state index >= 15 is 0 Å². The summed E-state index contributed by atoms with van der Waals surface area (Å²) < 4.78 is 26.2. The van der Waals surface area contributed by atoms with Gasteiger partial charge < -0.3 is 5.11 Å². The molecule has 5 nitrogen and oxygen atoms in total. The van der Waals surface area contributed by atoms with Gasteiger partial charge in [0.1, 0.15) is 0 Å². The van der Waals surface area contributed by atoms with E-state index in [1.165, 1.54) is 22.5 Å². The number of hydrogen-bond acceptors (Lipinski definition) is 4. The monoisotopic (exact) mass is 301 g/mol. The van der Waals surface area contributed by atoms with Gasteiger partial charge >= 0.3 is 5.97 Å². The third kappa shape index (κ3) is 3.10. The van der Waals surface area contributed by atoms with Crippen LogP contribution >= 0.6 is 12.6 Å². The van der Waals surface area contributed by atoms with E-state index in [2.05, 4.69) is 12.6 Å². The van der Waals surface area contributed by atoms with Crippen LogP contribution in [0.15, 0.2) is 28.0 Å². The van der Waals surface area contributed by atoms with Crippen molar-refractivity contribution in [2.45, 2.75) is 29.1 Å². The lowest BCUT2D eigenvalue weighted by Gasteiger charge is -2.26. The summed E-state index contributed by atoms with van der Waals surface area (Å²) in [5, 5.41) is 8.97. The maximum atomic E-state index is 12.4. The van der Waals surface area contributed by atoms with Gasteiger partial charge in [0.25, 0.3) is 0 Å². The lowest BCUT2D eigenvalue weighted by atomic mass is 10.2. The van der Waals surface area contributed by atoms with Crippen molar-refractivity contribution in [1.82, 2.24) is 4.31 Å². The van der Waals surface area contributed by atoms with Crippen LogP contribution in [0.5, 0.6) is 0 Å². The highest BCUT2D eigenvalue weighted by atomic mass is 32.2. The van der Waals surface area contributed by atoms with Crippen molar-refractivity contribution in [3.8, 4) is 0 Å². The van der Waals surface area contributed by atoms with Crippen LogP contribution in [0.3, 0.4) is 0 Å². The molecule has 0 bridgehead atoms. The SMILES string of the molecule is O=C(O)c1cc(S)cc(S(=O)(=O)N2CCCCC2)c1. The quantitative estimate of drug-likeness (QED) is 0.836. The van der Waals surface area contributed by atoms with Gasteiger partial charge in [0.2, 0.25) is 10.0 Å². The van der Waals surface area contributed by atoms with Crippen LogP contribution in [-0.4, -0.2) is 36.9 Å². The molecule has 1 aromatic rings. The summed E-state index contributed by atoms with van der Waals surface area (Å²) >= 11 is 4.07. The second-order valence-electron chi connectivity index (χ2n) is 4.49. The lowest BCUT2D eigenvalue weighted by molar-refractivity contribution is 0.0696. The number of benzene rings is 1. The first kappa shape index (κ1) is 14.4. The van der Waals surface area contributed by atoms with E-state index in [0.717, 1.165) is 19.3 Å². The molecule has 0 saturated carbocycles. The third-order valence-corrected chi connectivity index (χ3v) is 5.23. The molecule has 0 radical (unpaired) electrons. The van der Waals surface area contributed by atoms with Crippen LogP contribution in [0.1, 0.15) is 29.6 Å². The normalized spacial score (nSPS) is 17.3. The van der Waals surface area contributed by atoms with Gasteiger partial charge in [0.05, 0.1) is 10.5 Å². The van der Waals surface area contributed by atoms with Crippen LogP contribution in [0.25, 0.3) is 0 Å². The molecule has 1 N–H and O–H groups in total. The zero-order valence-corrected chi connectivity index (χ0v) is 12.0. The Labute approximate surface area is 117 Å². The van der Waals surface area contributed by atoms with Crippen LogP contribution in [0.2, 0.25) is 0 Å². The summed E-state index contributed by atoms with van der Waals surface area (Å²) in [6.45, 7) is 0.975. The summed E-state index contributed by atoms with van der Waals surface area (Å²) in [4.78, 5) is 11.3. The fourth-order valence-corrected chi connectivity index (χ4v) is 4.06. The topological polar surface area (TPSA) is 74.7 Å². The van der Waals surface area contributed by atoms with E-state index in [4.69, 9.17) is 5.11 Å². The average molecular weight is 301 g/mol. The first-order valence-electron chi connectivity index (χ1n) is 5.99. The molecule has 1 aliphatic heterocycles. The maximum absolute atomic E-state index is 12.4. The number of thiol groups is 1. The van der Waals surface area contributed by atoms with Crippen molar-refractivity contribution >= 4 is 28.6 Å². The van der Waals surface area contributed by atoms with Gasteiger partial charge in [-0.1, -0.05) is 6.42 Å². The Balaban J connectivity index is 2.42. The molecule has 1 heterocycles. The Morgan fingerprint density at radius 2 is 1.79 bits per heavy atom. The molecule has 1 aliphatic rings.